The number of ether oxygens (including phenoxy) is 1. The van der Waals surface area contributed by atoms with Crippen LogP contribution in [0.3, 0.4) is 0 Å². The molecule has 1 amide bonds. The van der Waals surface area contributed by atoms with Crippen LogP contribution in [-0.4, -0.2) is 17.6 Å². The highest BCUT2D eigenvalue weighted by atomic mass is 32.1. The zero-order chi connectivity index (χ0) is 14.7. The molecule has 0 bridgehead atoms. The number of methoxy groups -OCH3 is 1. The number of benzene rings is 1. The second kappa shape index (κ2) is 6.05. The van der Waals surface area contributed by atoms with Crippen molar-refractivity contribution in [3.8, 4) is 5.75 Å². The van der Waals surface area contributed by atoms with Gasteiger partial charge in [0.1, 0.15) is 11.3 Å². The summed E-state index contributed by atoms with van der Waals surface area (Å²) in [6.07, 6.45) is 1.79. The van der Waals surface area contributed by atoms with Crippen molar-refractivity contribution in [2.24, 2.45) is 10.9 Å². The molecule has 1 aromatic heterocycles. The monoisotopic (exact) mass is 290 g/mol. The molecule has 106 valence electrons. The fraction of sp³-hybridized carbons (Fsp3) is 0.333. The van der Waals surface area contributed by atoms with Gasteiger partial charge in [0.2, 0.25) is 0 Å². The summed E-state index contributed by atoms with van der Waals surface area (Å²) in [4.78, 5) is 16.8. The molecule has 20 heavy (non-hydrogen) atoms. The number of carbonyl (C=O) groups is 1. The van der Waals surface area contributed by atoms with Gasteiger partial charge in [0.25, 0.3) is 5.91 Å². The van der Waals surface area contributed by atoms with Crippen LogP contribution in [0, 0.1) is 5.92 Å². The molecule has 0 saturated carbocycles. The van der Waals surface area contributed by atoms with Crippen molar-refractivity contribution in [1.29, 1.82) is 0 Å². The average Bonchev–Trinajstić information content (AvgIpc) is 2.77. The number of aromatic nitrogens is 1. The molecule has 2 rings (SSSR count). The quantitative estimate of drug-likeness (QED) is 0.812. The molecule has 0 aliphatic carbocycles. The van der Waals surface area contributed by atoms with Crippen LogP contribution in [0.2, 0.25) is 0 Å². The number of para-hydroxylation sites is 1. The second-order valence-electron chi connectivity index (χ2n) is 4.70. The highest BCUT2D eigenvalue weighted by Gasteiger charge is 2.12. The van der Waals surface area contributed by atoms with Gasteiger partial charge >= 0.3 is 0 Å². The molecule has 5 heteroatoms. The van der Waals surface area contributed by atoms with Gasteiger partial charge < -0.3 is 9.30 Å². The first-order chi connectivity index (χ1) is 9.58. The summed E-state index contributed by atoms with van der Waals surface area (Å²) >= 11 is 1.49. The lowest BCUT2D eigenvalue weighted by atomic mass is 10.2. The van der Waals surface area contributed by atoms with Gasteiger partial charge in [-0.15, -0.1) is 6.58 Å². The minimum absolute atomic E-state index is 0.112. The van der Waals surface area contributed by atoms with Crippen molar-refractivity contribution in [3.63, 3.8) is 0 Å². The first-order valence-electron chi connectivity index (χ1n) is 6.44. The normalized spacial score (nSPS) is 12.1. The second-order valence-corrected chi connectivity index (χ2v) is 5.70. The lowest BCUT2D eigenvalue weighted by Crippen LogP contribution is -2.18. The van der Waals surface area contributed by atoms with E-state index < -0.39 is 0 Å². The molecular weight excluding hydrogens is 272 g/mol. The number of fused-ring (bicyclic) bond motifs is 1. The van der Waals surface area contributed by atoms with Gasteiger partial charge in [0.05, 0.1) is 11.8 Å². The molecule has 0 fully saturated rings. The largest absolute Gasteiger partial charge is 0.495 e. The van der Waals surface area contributed by atoms with Crippen molar-refractivity contribution < 1.29 is 9.53 Å². The van der Waals surface area contributed by atoms with E-state index in [1.165, 1.54) is 11.3 Å². The third kappa shape index (κ3) is 2.67. The number of rotatable bonds is 4. The Bertz CT molecular complexity index is 710. The van der Waals surface area contributed by atoms with E-state index in [2.05, 4.69) is 11.6 Å². The summed E-state index contributed by atoms with van der Waals surface area (Å²) in [6.45, 7) is 8.05. The maximum atomic E-state index is 11.9. The number of amides is 1. The molecule has 0 atom stereocenters. The molecule has 1 aromatic carbocycles. The van der Waals surface area contributed by atoms with Crippen molar-refractivity contribution in [2.75, 3.05) is 7.11 Å². The maximum absolute atomic E-state index is 11.9. The van der Waals surface area contributed by atoms with E-state index in [0.29, 0.717) is 11.3 Å². The highest BCUT2D eigenvalue weighted by Crippen LogP contribution is 2.27. The standard InChI is InChI=1S/C15H18N2O2S/c1-5-9-17-13-11(19-4)7-6-8-12(13)20-15(17)16-14(18)10(2)3/h5-8,10H,1,9H2,2-4H3. The summed E-state index contributed by atoms with van der Waals surface area (Å²) in [5, 5.41) is 0. The van der Waals surface area contributed by atoms with E-state index in [9.17, 15) is 4.79 Å². The lowest BCUT2D eigenvalue weighted by Gasteiger charge is -2.06. The number of nitrogens with zero attached hydrogens (tertiary/aromatic N) is 2. The molecule has 0 N–H and O–H groups in total. The topological polar surface area (TPSA) is 43.6 Å². The summed E-state index contributed by atoms with van der Waals surface area (Å²) in [5.74, 6) is 0.548. The van der Waals surface area contributed by atoms with Crippen molar-refractivity contribution in [1.82, 2.24) is 4.57 Å². The van der Waals surface area contributed by atoms with Gasteiger partial charge in [-0.25, -0.2) is 0 Å². The predicted molar refractivity (Wildman–Crippen MR) is 82.0 cm³/mol. The average molecular weight is 290 g/mol. The molecule has 0 aliphatic heterocycles. The van der Waals surface area contributed by atoms with Crippen LogP contribution in [0.4, 0.5) is 0 Å². The van der Waals surface area contributed by atoms with E-state index in [-0.39, 0.29) is 11.8 Å². The Labute approximate surface area is 122 Å². The molecule has 1 heterocycles. The van der Waals surface area contributed by atoms with E-state index >= 15 is 0 Å². The molecular formula is C15H18N2O2S. The first kappa shape index (κ1) is 14.5. The summed E-state index contributed by atoms with van der Waals surface area (Å²) in [6, 6.07) is 5.84. The van der Waals surface area contributed by atoms with Crippen LogP contribution in [-0.2, 0) is 11.3 Å². The Morgan fingerprint density at radius 2 is 2.30 bits per heavy atom. The lowest BCUT2D eigenvalue weighted by molar-refractivity contribution is -0.120. The Balaban J connectivity index is 2.75. The van der Waals surface area contributed by atoms with Crippen molar-refractivity contribution >= 4 is 27.5 Å². The van der Waals surface area contributed by atoms with Gasteiger partial charge in [0.15, 0.2) is 4.80 Å². The molecule has 0 spiro atoms. The highest BCUT2D eigenvalue weighted by molar-refractivity contribution is 7.16. The summed E-state index contributed by atoms with van der Waals surface area (Å²) in [5.41, 5.74) is 0.954. The van der Waals surface area contributed by atoms with E-state index in [4.69, 9.17) is 4.74 Å². The third-order valence-electron chi connectivity index (χ3n) is 2.90. The van der Waals surface area contributed by atoms with Crippen LogP contribution in [0.5, 0.6) is 5.75 Å². The fourth-order valence-electron chi connectivity index (χ4n) is 1.87. The van der Waals surface area contributed by atoms with Crippen molar-refractivity contribution in [2.45, 2.75) is 20.4 Å². The van der Waals surface area contributed by atoms with Crippen LogP contribution < -0.4 is 9.54 Å². The number of hydrogen-bond donors (Lipinski definition) is 0. The number of allylic oxidation sites excluding steroid dienone is 1. The van der Waals surface area contributed by atoms with Gasteiger partial charge in [-0.2, -0.15) is 4.99 Å². The third-order valence-corrected chi connectivity index (χ3v) is 3.94. The smallest absolute Gasteiger partial charge is 0.250 e. The van der Waals surface area contributed by atoms with E-state index in [0.717, 1.165) is 16.0 Å². The van der Waals surface area contributed by atoms with Crippen LogP contribution in [0.15, 0.2) is 35.8 Å². The van der Waals surface area contributed by atoms with Gasteiger partial charge in [-0.3, -0.25) is 4.79 Å². The maximum Gasteiger partial charge on any atom is 0.250 e. The minimum Gasteiger partial charge on any atom is -0.495 e. The molecule has 0 radical (unpaired) electrons. The van der Waals surface area contributed by atoms with Crippen molar-refractivity contribution in [3.05, 3.63) is 35.7 Å². The van der Waals surface area contributed by atoms with E-state index in [1.807, 2.05) is 36.6 Å². The first-order valence-corrected chi connectivity index (χ1v) is 7.26. The fourth-order valence-corrected chi connectivity index (χ4v) is 2.93. The SMILES string of the molecule is C=CCn1c(=NC(=O)C(C)C)sc2cccc(OC)c21. The number of carbonyl (C=O) groups excluding carboxylic acids is 1. The minimum atomic E-state index is -0.117. The Morgan fingerprint density at radius 3 is 2.90 bits per heavy atom. The summed E-state index contributed by atoms with van der Waals surface area (Å²) in [7, 11) is 1.64. The van der Waals surface area contributed by atoms with Gasteiger partial charge in [0, 0.05) is 12.5 Å². The zero-order valence-electron chi connectivity index (χ0n) is 11.9. The van der Waals surface area contributed by atoms with Gasteiger partial charge in [-0.05, 0) is 12.1 Å². The van der Waals surface area contributed by atoms with Crippen LogP contribution >= 0.6 is 11.3 Å². The Morgan fingerprint density at radius 1 is 1.55 bits per heavy atom. The summed E-state index contributed by atoms with van der Waals surface area (Å²) < 4.78 is 8.41. The van der Waals surface area contributed by atoms with E-state index in [1.54, 1.807) is 13.2 Å². The Hall–Kier alpha value is -1.88. The molecule has 0 saturated heterocycles. The molecule has 0 aliphatic rings. The van der Waals surface area contributed by atoms with Gasteiger partial charge in [-0.1, -0.05) is 37.3 Å². The predicted octanol–water partition coefficient (Wildman–Crippen LogP) is 2.98. The molecule has 2 aromatic rings. The number of thiazole rings is 1. The Kier molecular flexibility index (Phi) is 4.39. The van der Waals surface area contributed by atoms with Crippen LogP contribution in [0.25, 0.3) is 10.2 Å². The molecule has 0 unspecified atom stereocenters. The van der Waals surface area contributed by atoms with Crippen LogP contribution in [0.1, 0.15) is 13.8 Å². The zero-order valence-corrected chi connectivity index (χ0v) is 12.7. The molecule has 4 nitrogen and oxygen atoms in total. The number of hydrogen-bond acceptors (Lipinski definition) is 3.